The van der Waals surface area contributed by atoms with E-state index < -0.39 is 10.0 Å². The molecule has 3 aromatic rings. The minimum Gasteiger partial charge on any atom is -0.438 e. The molecule has 1 fully saturated rings. The molecule has 1 aliphatic rings. The van der Waals surface area contributed by atoms with Gasteiger partial charge >= 0.3 is 0 Å². The van der Waals surface area contributed by atoms with Gasteiger partial charge in [0.1, 0.15) is 15.5 Å². The van der Waals surface area contributed by atoms with Gasteiger partial charge in [0.05, 0.1) is 3.79 Å². The van der Waals surface area contributed by atoms with E-state index in [1.54, 1.807) is 48.7 Å². The van der Waals surface area contributed by atoms with Gasteiger partial charge in [-0.15, -0.1) is 11.3 Å². The molecule has 0 atom stereocenters. The number of hydrogen-bond acceptors (Lipinski definition) is 6. The van der Waals surface area contributed by atoms with E-state index in [0.29, 0.717) is 17.0 Å². The van der Waals surface area contributed by atoms with Crippen LogP contribution >= 0.6 is 27.3 Å². The summed E-state index contributed by atoms with van der Waals surface area (Å²) in [5.74, 6) is 0.412. The second kappa shape index (κ2) is 8.13. The average Bonchev–Trinajstić information content (AvgIpc) is 3.39. The number of halogens is 1. The molecule has 2 N–H and O–H groups in total. The predicted octanol–water partition coefficient (Wildman–Crippen LogP) is 4.39. The van der Waals surface area contributed by atoms with Crippen LogP contribution in [0.4, 0.5) is 5.69 Å². The lowest BCUT2D eigenvalue weighted by Crippen LogP contribution is -2.25. The zero-order valence-corrected chi connectivity index (χ0v) is 18.2. The van der Waals surface area contributed by atoms with Crippen molar-refractivity contribution in [3.05, 3.63) is 64.1 Å². The third-order valence-corrected chi connectivity index (χ3v) is 7.56. The van der Waals surface area contributed by atoms with Crippen LogP contribution in [0.15, 0.2) is 62.7 Å². The summed E-state index contributed by atoms with van der Waals surface area (Å²) in [6, 6.07) is 13.2. The smallest absolute Gasteiger partial charge is 0.271 e. The zero-order valence-electron chi connectivity index (χ0n) is 15.0. The number of carbonyl (C=O) groups is 1. The van der Waals surface area contributed by atoms with Crippen LogP contribution in [-0.2, 0) is 10.0 Å². The minimum absolute atomic E-state index is 0.197. The van der Waals surface area contributed by atoms with E-state index in [4.69, 9.17) is 4.74 Å². The van der Waals surface area contributed by atoms with Crippen molar-refractivity contribution in [2.45, 2.75) is 23.1 Å². The third kappa shape index (κ3) is 4.95. The highest BCUT2D eigenvalue weighted by atomic mass is 79.9. The van der Waals surface area contributed by atoms with Crippen molar-refractivity contribution >= 4 is 48.9 Å². The number of hydrogen-bond donors (Lipinski definition) is 2. The Labute approximate surface area is 180 Å². The lowest BCUT2D eigenvalue weighted by molar-refractivity contribution is 0.0948. The number of sulfonamides is 1. The number of ether oxygens (including phenoxy) is 1. The van der Waals surface area contributed by atoms with E-state index in [0.717, 1.165) is 28.0 Å². The maximum Gasteiger partial charge on any atom is 0.271 e. The Hall–Kier alpha value is -2.43. The van der Waals surface area contributed by atoms with Gasteiger partial charge in [0.2, 0.25) is 5.88 Å². The van der Waals surface area contributed by atoms with Crippen molar-refractivity contribution in [2.75, 3.05) is 4.72 Å². The Balaban J connectivity index is 1.47. The van der Waals surface area contributed by atoms with Crippen molar-refractivity contribution in [3.63, 3.8) is 0 Å². The topological polar surface area (TPSA) is 97.4 Å². The summed E-state index contributed by atoms with van der Waals surface area (Å²) in [4.78, 5) is 16.5. The first-order chi connectivity index (χ1) is 13.9. The summed E-state index contributed by atoms with van der Waals surface area (Å²) in [6.45, 7) is 0. The molecule has 2 aromatic heterocycles. The molecule has 0 unspecified atom stereocenters. The number of anilines is 1. The SMILES string of the molecule is O=C(NC1CC1)c1cccnc1Oc1ccc(NS(=O)(=O)c2ccc(Br)s2)cc1. The van der Waals surface area contributed by atoms with Crippen LogP contribution in [0, 0.1) is 0 Å². The van der Waals surface area contributed by atoms with Gasteiger partial charge in [0, 0.05) is 17.9 Å². The van der Waals surface area contributed by atoms with Crippen molar-refractivity contribution in [1.82, 2.24) is 10.3 Å². The van der Waals surface area contributed by atoms with Gasteiger partial charge in [0.15, 0.2) is 0 Å². The molecule has 0 radical (unpaired) electrons. The van der Waals surface area contributed by atoms with Crippen LogP contribution in [0.1, 0.15) is 23.2 Å². The second-order valence-electron chi connectivity index (χ2n) is 6.39. The Bertz CT molecular complexity index is 1140. The predicted molar refractivity (Wildman–Crippen MR) is 114 cm³/mol. The molecule has 1 amide bonds. The molecular formula is C19H16BrN3O4S2. The van der Waals surface area contributed by atoms with Gasteiger partial charge in [-0.05, 0) is 77.3 Å². The van der Waals surface area contributed by atoms with Gasteiger partial charge in [-0.2, -0.15) is 0 Å². The molecule has 1 saturated carbocycles. The summed E-state index contributed by atoms with van der Waals surface area (Å²) in [5, 5.41) is 2.91. The number of amides is 1. The fourth-order valence-corrected chi connectivity index (χ4v) is 5.55. The van der Waals surface area contributed by atoms with Crippen LogP contribution in [0.5, 0.6) is 11.6 Å². The number of rotatable bonds is 7. The summed E-state index contributed by atoms with van der Waals surface area (Å²) in [5.41, 5.74) is 0.752. The zero-order chi connectivity index (χ0) is 20.4. The maximum atomic E-state index is 12.4. The molecule has 7 nitrogen and oxygen atoms in total. The monoisotopic (exact) mass is 493 g/mol. The molecule has 0 aliphatic heterocycles. The number of thiophene rings is 1. The summed E-state index contributed by atoms with van der Waals surface area (Å²) >= 11 is 4.39. The lowest BCUT2D eigenvalue weighted by Gasteiger charge is -2.11. The van der Waals surface area contributed by atoms with Crippen molar-refractivity contribution in [3.8, 4) is 11.6 Å². The normalized spacial score (nSPS) is 13.7. The highest BCUT2D eigenvalue weighted by Gasteiger charge is 2.25. The van der Waals surface area contributed by atoms with Crippen molar-refractivity contribution < 1.29 is 17.9 Å². The molecule has 1 aliphatic carbocycles. The quantitative estimate of drug-likeness (QED) is 0.508. The molecule has 10 heteroatoms. The summed E-state index contributed by atoms with van der Waals surface area (Å²) in [6.07, 6.45) is 3.52. The van der Waals surface area contributed by atoms with Crippen LogP contribution in [0.2, 0.25) is 0 Å². The molecule has 0 spiro atoms. The summed E-state index contributed by atoms with van der Waals surface area (Å²) < 4.78 is 34.0. The van der Waals surface area contributed by atoms with Gasteiger partial charge < -0.3 is 10.1 Å². The van der Waals surface area contributed by atoms with Gasteiger partial charge in [-0.25, -0.2) is 13.4 Å². The molecule has 0 saturated heterocycles. The van der Waals surface area contributed by atoms with E-state index in [-0.39, 0.29) is 22.0 Å². The Morgan fingerprint density at radius 3 is 2.55 bits per heavy atom. The molecule has 1 aromatic carbocycles. The fourth-order valence-electron chi connectivity index (χ4n) is 2.49. The fraction of sp³-hybridized carbons (Fsp3) is 0.158. The number of pyridine rings is 1. The molecule has 0 bridgehead atoms. The molecular weight excluding hydrogens is 478 g/mol. The molecule has 2 heterocycles. The minimum atomic E-state index is -3.66. The van der Waals surface area contributed by atoms with Crippen LogP contribution in [0.25, 0.3) is 0 Å². The van der Waals surface area contributed by atoms with Gasteiger partial charge in [0.25, 0.3) is 15.9 Å². The first-order valence-corrected chi connectivity index (χ1v) is 11.8. The van der Waals surface area contributed by atoms with E-state index in [1.807, 2.05) is 0 Å². The van der Waals surface area contributed by atoms with Crippen LogP contribution in [-0.4, -0.2) is 25.4 Å². The molecule has 150 valence electrons. The van der Waals surface area contributed by atoms with Crippen molar-refractivity contribution in [1.29, 1.82) is 0 Å². The van der Waals surface area contributed by atoms with Crippen molar-refractivity contribution in [2.24, 2.45) is 0 Å². The van der Waals surface area contributed by atoms with E-state index in [1.165, 1.54) is 6.07 Å². The standard InChI is InChI=1S/C19H16BrN3O4S2/c20-16-9-10-17(28-16)29(25,26)23-13-5-7-14(8-6-13)27-19-15(2-1-11-21-19)18(24)22-12-3-4-12/h1-2,5-12,23H,3-4H2,(H,22,24). The van der Waals surface area contributed by atoms with Gasteiger partial charge in [-0.3, -0.25) is 9.52 Å². The van der Waals surface area contributed by atoms with E-state index >= 15 is 0 Å². The number of carbonyl (C=O) groups excluding carboxylic acids is 1. The Kier molecular flexibility index (Phi) is 5.57. The molecule has 29 heavy (non-hydrogen) atoms. The average molecular weight is 494 g/mol. The van der Waals surface area contributed by atoms with Gasteiger partial charge in [-0.1, -0.05) is 0 Å². The summed E-state index contributed by atoms with van der Waals surface area (Å²) in [7, 11) is -3.66. The lowest BCUT2D eigenvalue weighted by atomic mass is 10.2. The molecule has 4 rings (SSSR count). The number of benzene rings is 1. The van der Waals surface area contributed by atoms with Crippen LogP contribution in [0.3, 0.4) is 0 Å². The maximum absolute atomic E-state index is 12.4. The van der Waals surface area contributed by atoms with E-state index in [9.17, 15) is 13.2 Å². The second-order valence-corrected chi connectivity index (χ2v) is 10.8. The number of nitrogens with one attached hydrogen (secondary N) is 2. The Morgan fingerprint density at radius 2 is 1.90 bits per heavy atom. The number of nitrogens with zero attached hydrogens (tertiary/aromatic N) is 1. The van der Waals surface area contributed by atoms with E-state index in [2.05, 4.69) is 31.0 Å². The first-order valence-electron chi connectivity index (χ1n) is 8.73. The third-order valence-electron chi connectivity index (χ3n) is 4.06. The highest BCUT2D eigenvalue weighted by molar-refractivity contribution is 9.11. The Morgan fingerprint density at radius 1 is 1.14 bits per heavy atom. The first kappa shape index (κ1) is 19.9. The van der Waals surface area contributed by atoms with Crippen LogP contribution < -0.4 is 14.8 Å². The highest BCUT2D eigenvalue weighted by Crippen LogP contribution is 2.29. The number of aromatic nitrogens is 1. The largest absolute Gasteiger partial charge is 0.438 e.